The molecule has 1 N–H and O–H groups in total. The van der Waals surface area contributed by atoms with Crippen molar-refractivity contribution in [2.24, 2.45) is 0 Å². The highest BCUT2D eigenvalue weighted by Crippen LogP contribution is 2.37. The lowest BCUT2D eigenvalue weighted by Crippen LogP contribution is -2.45. The molecule has 0 spiro atoms. The molecule has 1 aromatic heterocycles. The topological polar surface area (TPSA) is 56.7 Å². The van der Waals surface area contributed by atoms with Crippen molar-refractivity contribution in [3.05, 3.63) is 58.9 Å². The molecule has 31 heavy (non-hydrogen) atoms. The summed E-state index contributed by atoms with van der Waals surface area (Å²) >= 11 is 1.13. The van der Waals surface area contributed by atoms with Gasteiger partial charge in [-0.25, -0.2) is 9.37 Å². The van der Waals surface area contributed by atoms with Crippen molar-refractivity contribution >= 4 is 32.7 Å². The molecule has 0 atom stereocenters. The molecule has 0 radical (unpaired) electrons. The van der Waals surface area contributed by atoms with Crippen molar-refractivity contribution in [2.45, 2.75) is 19.1 Å². The van der Waals surface area contributed by atoms with Crippen LogP contribution in [0.25, 0.3) is 10.2 Å². The van der Waals surface area contributed by atoms with Gasteiger partial charge in [0.05, 0.1) is 22.2 Å². The molecule has 0 saturated carbocycles. The molecule has 1 fully saturated rings. The number of thiazole rings is 1. The van der Waals surface area contributed by atoms with Crippen molar-refractivity contribution in [3.8, 4) is 0 Å². The van der Waals surface area contributed by atoms with E-state index < -0.39 is 23.5 Å². The van der Waals surface area contributed by atoms with E-state index in [0.717, 1.165) is 47.7 Å². The number of carboxylic acids is 1. The summed E-state index contributed by atoms with van der Waals surface area (Å²) in [6, 6.07) is 9.15. The first-order chi connectivity index (χ1) is 14.7. The van der Waals surface area contributed by atoms with Gasteiger partial charge in [0.25, 0.3) is 0 Å². The predicted molar refractivity (Wildman–Crippen MR) is 110 cm³/mol. The van der Waals surface area contributed by atoms with E-state index in [2.05, 4.69) is 9.88 Å². The average molecular weight is 453 g/mol. The number of piperazine rings is 1. The van der Waals surface area contributed by atoms with E-state index in [1.54, 1.807) is 6.07 Å². The Balaban J connectivity index is 1.42. The smallest absolute Gasteiger partial charge is 0.419 e. The standard InChI is InChI=1S/C21H19F4N3O2S/c22-16-11-17-18(10-15(16)21(23,24)25)31-20(26-17)28-6-4-27(5-7-28)12-14-3-1-2-13(8-14)9-19(29)30/h1-3,8,10-11H,4-7,9,12H2,(H,29,30). The van der Waals surface area contributed by atoms with Crippen LogP contribution in [0, 0.1) is 5.82 Å². The highest BCUT2D eigenvalue weighted by molar-refractivity contribution is 7.22. The molecule has 0 unspecified atom stereocenters. The fourth-order valence-electron chi connectivity index (χ4n) is 3.66. The molecule has 2 aromatic carbocycles. The molecule has 4 rings (SSSR count). The van der Waals surface area contributed by atoms with Gasteiger partial charge < -0.3 is 10.0 Å². The van der Waals surface area contributed by atoms with E-state index in [4.69, 9.17) is 5.11 Å². The summed E-state index contributed by atoms with van der Waals surface area (Å²) in [4.78, 5) is 19.4. The zero-order valence-electron chi connectivity index (χ0n) is 16.3. The van der Waals surface area contributed by atoms with Crippen LogP contribution in [0.5, 0.6) is 0 Å². The van der Waals surface area contributed by atoms with Gasteiger partial charge in [0.15, 0.2) is 5.13 Å². The molecule has 0 bridgehead atoms. The summed E-state index contributed by atoms with van der Waals surface area (Å²) in [5, 5.41) is 9.52. The van der Waals surface area contributed by atoms with Crippen LogP contribution >= 0.6 is 11.3 Å². The number of anilines is 1. The molecule has 3 aromatic rings. The average Bonchev–Trinajstić information content (AvgIpc) is 3.10. The van der Waals surface area contributed by atoms with E-state index in [1.807, 2.05) is 23.1 Å². The number of alkyl halides is 3. The molecule has 1 saturated heterocycles. The zero-order chi connectivity index (χ0) is 22.2. The first-order valence-corrected chi connectivity index (χ1v) is 10.4. The predicted octanol–water partition coefficient (Wildman–Crippen LogP) is 4.40. The van der Waals surface area contributed by atoms with Crippen LogP contribution < -0.4 is 4.90 Å². The summed E-state index contributed by atoms with van der Waals surface area (Å²) in [6.45, 7) is 3.41. The lowest BCUT2D eigenvalue weighted by Gasteiger charge is -2.34. The number of fused-ring (bicyclic) bond motifs is 1. The van der Waals surface area contributed by atoms with Crippen LogP contribution in [0.4, 0.5) is 22.7 Å². The van der Waals surface area contributed by atoms with Crippen LogP contribution in [0.1, 0.15) is 16.7 Å². The summed E-state index contributed by atoms with van der Waals surface area (Å²) in [5.74, 6) is -2.18. The van der Waals surface area contributed by atoms with Gasteiger partial charge in [-0.15, -0.1) is 0 Å². The minimum Gasteiger partial charge on any atom is -0.481 e. The van der Waals surface area contributed by atoms with Gasteiger partial charge in [-0.05, 0) is 17.2 Å². The summed E-state index contributed by atoms with van der Waals surface area (Å²) in [7, 11) is 0. The van der Waals surface area contributed by atoms with Crippen LogP contribution in [0.15, 0.2) is 36.4 Å². The molecular formula is C21H19F4N3O2S. The van der Waals surface area contributed by atoms with E-state index in [-0.39, 0.29) is 11.9 Å². The van der Waals surface area contributed by atoms with Gasteiger partial charge in [0, 0.05) is 38.8 Å². The van der Waals surface area contributed by atoms with Crippen LogP contribution in [0.2, 0.25) is 0 Å². The minimum atomic E-state index is -4.74. The molecule has 0 aliphatic carbocycles. The zero-order valence-corrected chi connectivity index (χ0v) is 17.1. The van der Waals surface area contributed by atoms with Gasteiger partial charge in [-0.1, -0.05) is 35.6 Å². The maximum Gasteiger partial charge on any atom is 0.419 e. The Morgan fingerprint density at radius 3 is 2.48 bits per heavy atom. The van der Waals surface area contributed by atoms with Crippen molar-refractivity contribution in [2.75, 3.05) is 31.1 Å². The first-order valence-electron chi connectivity index (χ1n) is 9.63. The number of carboxylic acid groups (broad SMARTS) is 1. The highest BCUT2D eigenvalue weighted by atomic mass is 32.1. The Labute approximate surface area is 179 Å². The van der Waals surface area contributed by atoms with E-state index in [9.17, 15) is 22.4 Å². The largest absolute Gasteiger partial charge is 0.481 e. The number of rotatable bonds is 5. The Bertz CT molecular complexity index is 1110. The second kappa shape index (κ2) is 8.43. The number of aliphatic carboxylic acids is 1. The van der Waals surface area contributed by atoms with Crippen molar-refractivity contribution in [3.63, 3.8) is 0 Å². The SMILES string of the molecule is O=C(O)Cc1cccc(CN2CCN(c3nc4cc(F)c(C(F)(F)F)cc4s3)CC2)c1. The molecule has 5 nitrogen and oxygen atoms in total. The molecule has 1 aliphatic heterocycles. The Morgan fingerprint density at radius 2 is 1.81 bits per heavy atom. The van der Waals surface area contributed by atoms with E-state index >= 15 is 0 Å². The summed E-state index contributed by atoms with van der Waals surface area (Å²) < 4.78 is 53.0. The maximum absolute atomic E-state index is 13.8. The molecule has 164 valence electrons. The van der Waals surface area contributed by atoms with Gasteiger partial charge in [-0.2, -0.15) is 13.2 Å². The minimum absolute atomic E-state index is 0.0180. The van der Waals surface area contributed by atoms with Crippen molar-refractivity contribution in [1.82, 2.24) is 9.88 Å². The second-order valence-corrected chi connectivity index (χ2v) is 8.46. The van der Waals surface area contributed by atoms with E-state index in [1.165, 1.54) is 0 Å². The van der Waals surface area contributed by atoms with Crippen LogP contribution in [-0.4, -0.2) is 47.1 Å². The normalized spacial score (nSPS) is 15.5. The Hall–Kier alpha value is -2.72. The van der Waals surface area contributed by atoms with Crippen molar-refractivity contribution < 1.29 is 27.5 Å². The highest BCUT2D eigenvalue weighted by Gasteiger charge is 2.35. The second-order valence-electron chi connectivity index (χ2n) is 7.45. The number of halogens is 4. The van der Waals surface area contributed by atoms with Gasteiger partial charge in [-0.3, -0.25) is 9.69 Å². The number of nitrogens with zero attached hydrogens (tertiary/aromatic N) is 3. The fourth-order valence-corrected chi connectivity index (χ4v) is 4.70. The third kappa shape index (κ3) is 4.96. The number of hydrogen-bond donors (Lipinski definition) is 1. The van der Waals surface area contributed by atoms with Gasteiger partial charge in [0.1, 0.15) is 5.82 Å². The number of aromatic nitrogens is 1. The number of hydrogen-bond acceptors (Lipinski definition) is 5. The summed E-state index contributed by atoms with van der Waals surface area (Å²) in [5.41, 5.74) is 0.735. The number of benzene rings is 2. The number of carbonyl (C=O) groups is 1. The molecule has 2 heterocycles. The lowest BCUT2D eigenvalue weighted by atomic mass is 10.1. The third-order valence-corrected chi connectivity index (χ3v) is 6.25. The molecule has 1 aliphatic rings. The molecule has 0 amide bonds. The fraction of sp³-hybridized carbons (Fsp3) is 0.333. The Kier molecular flexibility index (Phi) is 5.85. The molecule has 10 heteroatoms. The molecular weight excluding hydrogens is 434 g/mol. The third-order valence-electron chi connectivity index (χ3n) is 5.17. The maximum atomic E-state index is 13.8. The monoisotopic (exact) mass is 453 g/mol. The van der Waals surface area contributed by atoms with Crippen LogP contribution in [-0.2, 0) is 23.9 Å². The van der Waals surface area contributed by atoms with Crippen molar-refractivity contribution in [1.29, 1.82) is 0 Å². The lowest BCUT2D eigenvalue weighted by molar-refractivity contribution is -0.140. The summed E-state index contributed by atoms with van der Waals surface area (Å²) in [6.07, 6.45) is -4.76. The quantitative estimate of drug-likeness (QED) is 0.581. The van der Waals surface area contributed by atoms with Gasteiger partial charge >= 0.3 is 12.1 Å². The van der Waals surface area contributed by atoms with Crippen LogP contribution in [0.3, 0.4) is 0 Å². The van der Waals surface area contributed by atoms with Gasteiger partial charge in [0.2, 0.25) is 0 Å². The van der Waals surface area contributed by atoms with E-state index in [0.29, 0.717) is 29.5 Å². The Morgan fingerprint density at radius 1 is 1.10 bits per heavy atom. The first kappa shape index (κ1) is 21.5.